The van der Waals surface area contributed by atoms with Crippen LogP contribution in [-0.2, 0) is 28.8 Å². The summed E-state index contributed by atoms with van der Waals surface area (Å²) >= 11 is 0. The van der Waals surface area contributed by atoms with Gasteiger partial charge in [0.1, 0.15) is 18.1 Å². The molecular formula is C22H40N8O8. The van der Waals surface area contributed by atoms with E-state index >= 15 is 0 Å². The molecule has 0 aromatic heterocycles. The Morgan fingerprint density at radius 2 is 1.26 bits per heavy atom. The number of carbonyl (C=O) groups excluding carboxylic acids is 4. The third-order valence-corrected chi connectivity index (χ3v) is 5.21. The van der Waals surface area contributed by atoms with Gasteiger partial charge in [-0.1, -0.05) is 13.8 Å². The Morgan fingerprint density at radius 1 is 0.763 bits per heavy atom. The van der Waals surface area contributed by atoms with Crippen molar-refractivity contribution in [2.45, 2.75) is 83.0 Å². The van der Waals surface area contributed by atoms with E-state index < -0.39 is 72.6 Å². The summed E-state index contributed by atoms with van der Waals surface area (Å²) in [6.07, 6.45) is -0.871. The van der Waals surface area contributed by atoms with Crippen LogP contribution in [0.4, 0.5) is 0 Å². The predicted octanol–water partition coefficient (Wildman–Crippen LogP) is -2.92. The van der Waals surface area contributed by atoms with Crippen LogP contribution in [0, 0.1) is 5.92 Å². The molecule has 0 bridgehead atoms. The van der Waals surface area contributed by atoms with Crippen LogP contribution >= 0.6 is 0 Å². The van der Waals surface area contributed by atoms with Crippen molar-refractivity contribution < 1.29 is 39.0 Å². The largest absolute Gasteiger partial charge is 0.481 e. The molecule has 0 spiro atoms. The fourth-order valence-corrected chi connectivity index (χ4v) is 3.29. The van der Waals surface area contributed by atoms with Gasteiger partial charge in [0.25, 0.3) is 0 Å². The topological polar surface area (TPSA) is 295 Å². The highest BCUT2D eigenvalue weighted by molar-refractivity contribution is 5.94. The smallest absolute Gasteiger partial charge is 0.326 e. The molecule has 13 N–H and O–H groups in total. The van der Waals surface area contributed by atoms with Gasteiger partial charge in [-0.05, 0) is 38.0 Å². The van der Waals surface area contributed by atoms with Crippen molar-refractivity contribution in [3.05, 3.63) is 0 Å². The van der Waals surface area contributed by atoms with Crippen molar-refractivity contribution in [1.82, 2.24) is 16.0 Å². The molecule has 4 amide bonds. The minimum absolute atomic E-state index is 0.0588. The molecule has 0 aliphatic carbocycles. The van der Waals surface area contributed by atoms with Crippen molar-refractivity contribution in [3.63, 3.8) is 0 Å². The first-order valence-corrected chi connectivity index (χ1v) is 12.1. The Balaban J connectivity index is 5.70. The molecule has 0 rings (SSSR count). The lowest BCUT2D eigenvalue weighted by Gasteiger charge is -2.25. The van der Waals surface area contributed by atoms with Crippen LogP contribution in [-0.4, -0.2) is 82.5 Å². The second-order valence-corrected chi connectivity index (χ2v) is 9.14. The number of aliphatic carboxylic acids is 2. The number of nitrogens with one attached hydrogen (secondary N) is 3. The number of nitrogens with zero attached hydrogens (tertiary/aromatic N) is 1. The lowest BCUT2D eigenvalue weighted by molar-refractivity contribution is -0.143. The van der Waals surface area contributed by atoms with E-state index in [0.717, 1.165) is 0 Å². The summed E-state index contributed by atoms with van der Waals surface area (Å²) in [7, 11) is 0. The first-order chi connectivity index (χ1) is 17.6. The summed E-state index contributed by atoms with van der Waals surface area (Å²) < 4.78 is 0. The highest BCUT2D eigenvalue weighted by atomic mass is 16.4. The summed E-state index contributed by atoms with van der Waals surface area (Å²) in [6.45, 7) is 3.89. The van der Waals surface area contributed by atoms with E-state index in [1.165, 1.54) is 0 Å². The Kier molecular flexibility index (Phi) is 15.7. The second kappa shape index (κ2) is 17.5. The molecule has 16 heteroatoms. The number of carbonyl (C=O) groups is 6. The van der Waals surface area contributed by atoms with Crippen molar-refractivity contribution >= 4 is 41.5 Å². The molecule has 0 radical (unpaired) electrons. The number of carboxylic acids is 2. The predicted molar refractivity (Wildman–Crippen MR) is 136 cm³/mol. The molecule has 16 nitrogen and oxygen atoms in total. The number of nitrogens with two attached hydrogens (primary N) is 4. The summed E-state index contributed by atoms with van der Waals surface area (Å²) in [5.41, 5.74) is 21.7. The number of hydrogen-bond donors (Lipinski definition) is 9. The zero-order valence-electron chi connectivity index (χ0n) is 21.6. The molecule has 4 atom stereocenters. The van der Waals surface area contributed by atoms with Crippen LogP contribution in [0.5, 0.6) is 0 Å². The summed E-state index contributed by atoms with van der Waals surface area (Å²) in [6, 6.07) is -5.04. The molecule has 0 saturated heterocycles. The third-order valence-electron chi connectivity index (χ3n) is 5.21. The molecular weight excluding hydrogens is 504 g/mol. The number of hydrogen-bond acceptors (Lipinski definition) is 8. The highest BCUT2D eigenvalue weighted by Gasteiger charge is 2.30. The van der Waals surface area contributed by atoms with E-state index in [1.807, 2.05) is 13.8 Å². The van der Waals surface area contributed by atoms with Gasteiger partial charge >= 0.3 is 11.9 Å². The van der Waals surface area contributed by atoms with Crippen LogP contribution in [0.25, 0.3) is 0 Å². The number of amides is 4. The van der Waals surface area contributed by atoms with Gasteiger partial charge < -0.3 is 49.1 Å². The number of primary amides is 1. The van der Waals surface area contributed by atoms with Crippen molar-refractivity contribution in [1.29, 1.82) is 0 Å². The van der Waals surface area contributed by atoms with Gasteiger partial charge in [0.2, 0.25) is 23.6 Å². The van der Waals surface area contributed by atoms with Crippen molar-refractivity contribution in [2.24, 2.45) is 33.8 Å². The summed E-state index contributed by atoms with van der Waals surface area (Å²) in [5, 5.41) is 25.2. The molecule has 38 heavy (non-hydrogen) atoms. The minimum atomic E-state index is -1.56. The maximum absolute atomic E-state index is 13.1. The maximum Gasteiger partial charge on any atom is 0.326 e. The first-order valence-electron chi connectivity index (χ1n) is 12.1. The van der Waals surface area contributed by atoms with Gasteiger partial charge in [-0.15, -0.1) is 0 Å². The zero-order valence-corrected chi connectivity index (χ0v) is 21.6. The standard InChI is InChI=1S/C22H40N8O8/c1-11(2)10-12(23)18(34)28-13(4-3-9-27-22(25)26)19(35)29-14(5-7-16(24)31)20(36)30-15(21(37)38)6-8-17(32)33/h11-15H,3-10,23H2,1-2H3,(H2,24,31)(H,28,34)(H,29,35)(H,30,36)(H,32,33)(H,37,38)(H4,25,26,27). The van der Waals surface area contributed by atoms with Gasteiger partial charge in [0, 0.05) is 19.4 Å². The number of rotatable bonds is 19. The van der Waals surface area contributed by atoms with Crippen LogP contribution in [0.1, 0.15) is 58.8 Å². The second-order valence-electron chi connectivity index (χ2n) is 9.14. The Morgan fingerprint density at radius 3 is 1.74 bits per heavy atom. The average molecular weight is 545 g/mol. The monoisotopic (exact) mass is 544 g/mol. The first kappa shape index (κ1) is 34.0. The summed E-state index contributed by atoms with van der Waals surface area (Å²) in [4.78, 5) is 75.9. The highest BCUT2D eigenvalue weighted by Crippen LogP contribution is 2.07. The maximum atomic E-state index is 13.1. The Hall–Kier alpha value is -3.95. The molecule has 0 heterocycles. The summed E-state index contributed by atoms with van der Waals surface area (Å²) in [5.74, 6) is -5.95. The normalized spacial score (nSPS) is 13.9. The molecule has 0 aromatic rings. The van der Waals surface area contributed by atoms with Gasteiger partial charge in [-0.25, -0.2) is 4.79 Å². The van der Waals surface area contributed by atoms with E-state index in [9.17, 15) is 33.9 Å². The SMILES string of the molecule is CC(C)CC(N)C(=O)NC(CCCN=C(N)N)C(=O)NC(CCC(N)=O)C(=O)NC(CCC(=O)O)C(=O)O. The van der Waals surface area contributed by atoms with E-state index in [-0.39, 0.29) is 44.1 Å². The van der Waals surface area contributed by atoms with Gasteiger partial charge in [0.05, 0.1) is 6.04 Å². The molecule has 216 valence electrons. The van der Waals surface area contributed by atoms with E-state index in [1.54, 1.807) is 0 Å². The fraction of sp³-hybridized carbons (Fsp3) is 0.682. The lowest BCUT2D eigenvalue weighted by Crippen LogP contribution is -2.57. The van der Waals surface area contributed by atoms with Crippen LogP contribution in [0.15, 0.2) is 4.99 Å². The third kappa shape index (κ3) is 15.2. The van der Waals surface area contributed by atoms with Gasteiger partial charge in [-0.3, -0.25) is 29.0 Å². The van der Waals surface area contributed by atoms with Crippen LogP contribution < -0.4 is 38.9 Å². The fourth-order valence-electron chi connectivity index (χ4n) is 3.29. The van der Waals surface area contributed by atoms with E-state index in [4.69, 9.17) is 28.0 Å². The Bertz CT molecular complexity index is 875. The number of carboxylic acid groups (broad SMARTS) is 2. The molecule has 0 fully saturated rings. The molecule has 0 aliphatic rings. The molecule has 0 aromatic carbocycles. The number of aliphatic imine (C=N–C) groups is 1. The van der Waals surface area contributed by atoms with E-state index in [2.05, 4.69) is 20.9 Å². The zero-order chi connectivity index (χ0) is 29.4. The molecule has 0 saturated carbocycles. The van der Waals surface area contributed by atoms with Crippen molar-refractivity contribution in [2.75, 3.05) is 6.54 Å². The van der Waals surface area contributed by atoms with Crippen LogP contribution in [0.2, 0.25) is 0 Å². The van der Waals surface area contributed by atoms with Gasteiger partial charge in [-0.2, -0.15) is 0 Å². The van der Waals surface area contributed by atoms with Crippen molar-refractivity contribution in [3.8, 4) is 0 Å². The average Bonchev–Trinajstić information content (AvgIpc) is 2.79. The van der Waals surface area contributed by atoms with E-state index in [0.29, 0.717) is 6.42 Å². The number of guanidine groups is 1. The van der Waals surface area contributed by atoms with Crippen LogP contribution in [0.3, 0.4) is 0 Å². The minimum Gasteiger partial charge on any atom is -0.481 e. The Labute approximate surface area is 220 Å². The van der Waals surface area contributed by atoms with Gasteiger partial charge in [0.15, 0.2) is 5.96 Å². The lowest BCUT2D eigenvalue weighted by atomic mass is 10.0. The molecule has 4 unspecified atom stereocenters. The quantitative estimate of drug-likeness (QED) is 0.0450. The molecule has 0 aliphatic heterocycles.